The fourth-order valence-corrected chi connectivity index (χ4v) is 2.82. The van der Waals surface area contributed by atoms with Crippen LogP contribution in [0, 0.1) is 13.8 Å². The van der Waals surface area contributed by atoms with Gasteiger partial charge in [-0.2, -0.15) is 5.10 Å². The van der Waals surface area contributed by atoms with Gasteiger partial charge in [0.05, 0.1) is 11.1 Å². The third kappa shape index (κ3) is 4.22. The van der Waals surface area contributed by atoms with E-state index >= 15 is 0 Å². The van der Waals surface area contributed by atoms with E-state index in [4.69, 9.17) is 0 Å². The van der Waals surface area contributed by atoms with Gasteiger partial charge in [0.25, 0.3) is 0 Å². The first-order valence-corrected chi connectivity index (χ1v) is 7.76. The highest BCUT2D eigenvalue weighted by molar-refractivity contribution is 7.17. The Morgan fingerprint density at radius 1 is 1.24 bits per heavy atom. The van der Waals surface area contributed by atoms with E-state index in [0.29, 0.717) is 5.95 Å². The highest BCUT2D eigenvalue weighted by Gasteiger charge is 2.06. The largest absolute Gasteiger partial charge is 0.349 e. The summed E-state index contributed by atoms with van der Waals surface area (Å²) in [4.78, 5) is 16.1. The number of rotatable bonds is 6. The summed E-state index contributed by atoms with van der Waals surface area (Å²) < 4.78 is 0. The molecule has 0 spiro atoms. The van der Waals surface area contributed by atoms with Crippen LogP contribution in [-0.4, -0.2) is 34.3 Å². The average Bonchev–Trinajstić information content (AvgIpc) is 2.88. The van der Waals surface area contributed by atoms with E-state index in [1.54, 1.807) is 17.6 Å². The fourth-order valence-electron chi connectivity index (χ4n) is 1.91. The molecular weight excluding hydrogens is 284 g/mol. The van der Waals surface area contributed by atoms with Gasteiger partial charge in [-0.15, -0.1) is 0 Å². The van der Waals surface area contributed by atoms with Crippen LogP contribution in [0.5, 0.6) is 0 Å². The van der Waals surface area contributed by atoms with E-state index in [1.165, 1.54) is 0 Å². The van der Waals surface area contributed by atoms with Crippen LogP contribution in [0.25, 0.3) is 0 Å². The summed E-state index contributed by atoms with van der Waals surface area (Å²) in [6.07, 6.45) is 3.57. The van der Waals surface area contributed by atoms with Gasteiger partial charge in [0.15, 0.2) is 5.13 Å². The molecule has 2 heterocycles. The lowest BCUT2D eigenvalue weighted by atomic mass is 10.4. The minimum atomic E-state index is 0.511. The molecule has 0 bridgehead atoms. The number of nitrogens with one attached hydrogen (secondary N) is 1. The van der Waals surface area contributed by atoms with Gasteiger partial charge in [0.1, 0.15) is 0 Å². The number of aromatic nitrogens is 3. The molecule has 2 rings (SSSR count). The van der Waals surface area contributed by atoms with Crippen LogP contribution in [0.1, 0.15) is 30.1 Å². The molecule has 0 saturated heterocycles. The van der Waals surface area contributed by atoms with Gasteiger partial charge in [0, 0.05) is 30.7 Å². The fraction of sp³-hybridized carbons (Fsp3) is 0.429. The lowest BCUT2D eigenvalue weighted by Gasteiger charge is -2.16. The summed E-state index contributed by atoms with van der Waals surface area (Å²) in [7, 11) is 0. The van der Waals surface area contributed by atoms with Crippen LogP contribution in [-0.2, 0) is 0 Å². The minimum absolute atomic E-state index is 0.511. The van der Waals surface area contributed by atoms with Gasteiger partial charge in [-0.3, -0.25) is 0 Å². The second-order valence-electron chi connectivity index (χ2n) is 4.56. The SMILES string of the molecule is CCN(CC)c1ncc(/C=N\Nc2nc(C)cc(C)n2)s1. The van der Waals surface area contributed by atoms with Crippen LogP contribution in [0.4, 0.5) is 11.1 Å². The molecule has 6 nitrogen and oxygen atoms in total. The first-order chi connectivity index (χ1) is 10.1. The molecule has 112 valence electrons. The van der Waals surface area contributed by atoms with Crippen LogP contribution < -0.4 is 10.3 Å². The first-order valence-electron chi connectivity index (χ1n) is 6.94. The molecule has 2 aromatic heterocycles. The Labute approximate surface area is 129 Å². The predicted molar refractivity (Wildman–Crippen MR) is 88.4 cm³/mol. The maximum Gasteiger partial charge on any atom is 0.243 e. The second-order valence-corrected chi connectivity index (χ2v) is 5.60. The number of nitrogens with zero attached hydrogens (tertiary/aromatic N) is 5. The van der Waals surface area contributed by atoms with Crippen molar-refractivity contribution in [3.8, 4) is 0 Å². The highest BCUT2D eigenvalue weighted by atomic mass is 32.1. The Bertz CT molecular complexity index is 597. The third-order valence-electron chi connectivity index (χ3n) is 2.88. The van der Waals surface area contributed by atoms with Crippen molar-refractivity contribution in [3.63, 3.8) is 0 Å². The van der Waals surface area contributed by atoms with Crippen LogP contribution >= 0.6 is 11.3 Å². The predicted octanol–water partition coefficient (Wildman–Crippen LogP) is 2.84. The van der Waals surface area contributed by atoms with Crippen molar-refractivity contribution in [2.75, 3.05) is 23.4 Å². The second kappa shape index (κ2) is 7.12. The minimum Gasteiger partial charge on any atom is -0.349 e. The molecule has 0 amide bonds. The molecule has 0 saturated carbocycles. The Morgan fingerprint density at radius 3 is 2.52 bits per heavy atom. The Balaban J connectivity index is 2.01. The topological polar surface area (TPSA) is 66.3 Å². The summed E-state index contributed by atoms with van der Waals surface area (Å²) in [5.41, 5.74) is 4.69. The maximum atomic E-state index is 4.41. The molecular formula is C14H20N6S. The molecule has 0 radical (unpaired) electrons. The molecule has 0 atom stereocenters. The van der Waals surface area contributed by atoms with Gasteiger partial charge >= 0.3 is 0 Å². The Kier molecular flexibility index (Phi) is 5.21. The average molecular weight is 304 g/mol. The van der Waals surface area contributed by atoms with E-state index in [9.17, 15) is 0 Å². The van der Waals surface area contributed by atoms with Crippen molar-refractivity contribution in [1.82, 2.24) is 15.0 Å². The molecule has 1 N–H and O–H groups in total. The molecule has 0 unspecified atom stereocenters. The van der Waals surface area contributed by atoms with Crippen molar-refractivity contribution >= 4 is 28.6 Å². The molecule has 0 aromatic carbocycles. The standard InChI is InChI=1S/C14H20N6S/c1-5-20(6-2)14-15-8-12(21-14)9-16-19-13-17-10(3)7-11(4)18-13/h7-9H,5-6H2,1-4H3,(H,17,18,19)/b16-9-. The quantitative estimate of drug-likeness (QED) is 0.656. The van der Waals surface area contributed by atoms with E-state index in [2.05, 4.69) is 44.2 Å². The lowest BCUT2D eigenvalue weighted by molar-refractivity contribution is 0.860. The summed E-state index contributed by atoms with van der Waals surface area (Å²) >= 11 is 1.62. The molecule has 2 aromatic rings. The number of hydrazone groups is 1. The van der Waals surface area contributed by atoms with Crippen LogP contribution in [0.3, 0.4) is 0 Å². The maximum absolute atomic E-state index is 4.41. The molecule has 0 aliphatic heterocycles. The van der Waals surface area contributed by atoms with Crippen molar-refractivity contribution in [2.24, 2.45) is 5.10 Å². The molecule has 0 aliphatic carbocycles. The van der Waals surface area contributed by atoms with Gasteiger partial charge in [0.2, 0.25) is 5.95 Å². The van der Waals surface area contributed by atoms with Gasteiger partial charge < -0.3 is 4.90 Å². The number of hydrogen-bond acceptors (Lipinski definition) is 7. The van der Waals surface area contributed by atoms with Gasteiger partial charge in [-0.25, -0.2) is 20.4 Å². The Morgan fingerprint density at radius 2 is 1.90 bits per heavy atom. The zero-order valence-electron chi connectivity index (χ0n) is 12.8. The molecule has 0 aliphatic rings. The molecule has 7 heteroatoms. The third-order valence-corrected chi connectivity index (χ3v) is 3.88. The Hall–Kier alpha value is -2.02. The van der Waals surface area contributed by atoms with Gasteiger partial charge in [-0.1, -0.05) is 11.3 Å². The normalized spacial score (nSPS) is 11.0. The summed E-state index contributed by atoms with van der Waals surface area (Å²) in [5, 5.41) is 5.19. The highest BCUT2D eigenvalue weighted by Crippen LogP contribution is 2.20. The van der Waals surface area contributed by atoms with Crippen molar-refractivity contribution in [2.45, 2.75) is 27.7 Å². The molecule has 0 fully saturated rings. The number of anilines is 2. The summed E-state index contributed by atoms with van der Waals surface area (Å²) in [6.45, 7) is 10.0. The van der Waals surface area contributed by atoms with Crippen LogP contribution in [0.15, 0.2) is 17.4 Å². The van der Waals surface area contributed by atoms with E-state index < -0.39 is 0 Å². The lowest BCUT2D eigenvalue weighted by Crippen LogP contribution is -2.21. The number of aryl methyl sites for hydroxylation is 2. The number of thiazole rings is 1. The van der Waals surface area contributed by atoms with Crippen LogP contribution in [0.2, 0.25) is 0 Å². The molecule has 21 heavy (non-hydrogen) atoms. The zero-order chi connectivity index (χ0) is 15.2. The first kappa shape index (κ1) is 15.4. The smallest absolute Gasteiger partial charge is 0.243 e. The summed E-state index contributed by atoms with van der Waals surface area (Å²) in [6, 6.07) is 1.93. The van der Waals surface area contributed by atoms with Crippen molar-refractivity contribution in [1.29, 1.82) is 0 Å². The van der Waals surface area contributed by atoms with Gasteiger partial charge in [-0.05, 0) is 33.8 Å². The summed E-state index contributed by atoms with van der Waals surface area (Å²) in [5.74, 6) is 0.511. The number of hydrogen-bond donors (Lipinski definition) is 1. The van der Waals surface area contributed by atoms with Crippen molar-refractivity contribution in [3.05, 3.63) is 28.5 Å². The zero-order valence-corrected chi connectivity index (χ0v) is 13.6. The monoisotopic (exact) mass is 304 g/mol. The van der Waals surface area contributed by atoms with E-state index in [1.807, 2.05) is 26.1 Å². The van der Waals surface area contributed by atoms with E-state index in [0.717, 1.165) is 34.5 Å². The van der Waals surface area contributed by atoms with Crippen molar-refractivity contribution < 1.29 is 0 Å². The van der Waals surface area contributed by atoms with E-state index in [-0.39, 0.29) is 0 Å².